The Hall–Kier alpha value is -4.80. The number of benzene rings is 3. The monoisotopic (exact) mass is 600 g/mol. The lowest BCUT2D eigenvalue weighted by Gasteiger charge is -2.19. The van der Waals surface area contributed by atoms with E-state index in [1.165, 1.54) is 12.1 Å². The second kappa shape index (κ2) is 15.1. The Kier molecular flexibility index (Phi) is 11.0. The van der Waals surface area contributed by atoms with Crippen molar-refractivity contribution in [1.82, 2.24) is 0 Å². The van der Waals surface area contributed by atoms with Crippen LogP contribution in [0.1, 0.15) is 37.5 Å². The normalized spacial score (nSPS) is 13.8. The van der Waals surface area contributed by atoms with Gasteiger partial charge in [-0.1, -0.05) is 42.5 Å². The molecule has 230 valence electrons. The topological polar surface area (TPSA) is 117 Å². The minimum atomic E-state index is -0.538. The maximum atomic E-state index is 13.4. The first-order valence-electron chi connectivity index (χ1n) is 14.2. The number of nitro groups is 1. The number of para-hydroxylation sites is 1. The number of anilines is 1. The zero-order valence-corrected chi connectivity index (χ0v) is 25.1. The third-order valence-corrected chi connectivity index (χ3v) is 6.39. The molecule has 10 nitrogen and oxygen atoms in total. The molecule has 1 heterocycles. The number of ether oxygens (including phenoxy) is 4. The largest absolute Gasteiger partial charge is 0.491 e. The molecule has 1 amide bonds. The van der Waals surface area contributed by atoms with Crippen LogP contribution in [-0.4, -0.2) is 55.4 Å². The van der Waals surface area contributed by atoms with Crippen molar-refractivity contribution < 1.29 is 33.5 Å². The molecule has 0 spiro atoms. The molecule has 1 aliphatic rings. The minimum absolute atomic E-state index is 0.0282. The highest BCUT2D eigenvalue weighted by Gasteiger charge is 2.31. The molecule has 0 saturated heterocycles. The van der Waals surface area contributed by atoms with Gasteiger partial charge in [-0.25, -0.2) is 4.79 Å². The van der Waals surface area contributed by atoms with E-state index >= 15 is 0 Å². The van der Waals surface area contributed by atoms with E-state index in [0.717, 1.165) is 22.4 Å². The number of carbonyl (C=O) groups excluding carboxylic acids is 2. The Labute approximate surface area is 256 Å². The summed E-state index contributed by atoms with van der Waals surface area (Å²) < 4.78 is 21.7. The number of nitro benzene ring substituents is 1. The molecule has 0 bridgehead atoms. The Bertz CT molecular complexity index is 1510. The molecule has 0 N–H and O–H groups in total. The van der Waals surface area contributed by atoms with Gasteiger partial charge in [0.1, 0.15) is 24.6 Å². The van der Waals surface area contributed by atoms with Crippen LogP contribution in [0, 0.1) is 10.1 Å². The van der Waals surface area contributed by atoms with Crippen molar-refractivity contribution in [2.75, 3.05) is 37.9 Å². The van der Waals surface area contributed by atoms with Gasteiger partial charge in [0.15, 0.2) is 0 Å². The molecular formula is C34H36N2O8. The Balaban J connectivity index is 1.24. The first kappa shape index (κ1) is 32.1. The zero-order chi connectivity index (χ0) is 31.5. The van der Waals surface area contributed by atoms with Gasteiger partial charge in [-0.05, 0) is 68.3 Å². The highest BCUT2D eigenvalue weighted by molar-refractivity contribution is 6.32. The van der Waals surface area contributed by atoms with Gasteiger partial charge in [-0.15, -0.1) is 0 Å². The van der Waals surface area contributed by atoms with Crippen molar-refractivity contribution in [2.24, 2.45) is 0 Å². The van der Waals surface area contributed by atoms with Crippen molar-refractivity contribution >= 4 is 34.9 Å². The van der Waals surface area contributed by atoms with E-state index in [9.17, 15) is 19.7 Å². The highest BCUT2D eigenvalue weighted by Crippen LogP contribution is 2.37. The van der Waals surface area contributed by atoms with Crippen LogP contribution < -0.4 is 9.64 Å². The summed E-state index contributed by atoms with van der Waals surface area (Å²) in [7, 11) is 0. The van der Waals surface area contributed by atoms with E-state index in [1.807, 2.05) is 48.5 Å². The van der Waals surface area contributed by atoms with Crippen molar-refractivity contribution in [2.45, 2.75) is 32.9 Å². The van der Waals surface area contributed by atoms with Crippen LogP contribution in [0.4, 0.5) is 11.4 Å². The predicted molar refractivity (Wildman–Crippen MR) is 167 cm³/mol. The first-order valence-corrected chi connectivity index (χ1v) is 14.2. The van der Waals surface area contributed by atoms with Crippen molar-refractivity contribution in [3.8, 4) is 5.75 Å². The Morgan fingerprint density at radius 3 is 2.30 bits per heavy atom. The van der Waals surface area contributed by atoms with Crippen molar-refractivity contribution in [3.05, 3.63) is 112 Å². The minimum Gasteiger partial charge on any atom is -0.491 e. The predicted octanol–water partition coefficient (Wildman–Crippen LogP) is 5.99. The molecule has 0 radical (unpaired) electrons. The van der Waals surface area contributed by atoms with E-state index in [0.29, 0.717) is 37.7 Å². The molecule has 3 aromatic rings. The fourth-order valence-corrected chi connectivity index (χ4v) is 4.43. The second-order valence-corrected chi connectivity index (χ2v) is 10.9. The van der Waals surface area contributed by atoms with Crippen LogP contribution in [0.5, 0.6) is 5.75 Å². The molecule has 0 unspecified atom stereocenters. The average molecular weight is 601 g/mol. The van der Waals surface area contributed by atoms with E-state index in [-0.39, 0.29) is 24.8 Å². The van der Waals surface area contributed by atoms with Gasteiger partial charge >= 0.3 is 5.97 Å². The molecule has 44 heavy (non-hydrogen) atoms. The molecule has 1 aliphatic heterocycles. The smallest absolute Gasteiger partial charge is 0.332 e. The van der Waals surface area contributed by atoms with E-state index in [4.69, 9.17) is 18.9 Å². The van der Waals surface area contributed by atoms with Gasteiger partial charge in [0.05, 0.1) is 37.0 Å². The maximum absolute atomic E-state index is 13.4. The Morgan fingerprint density at radius 1 is 0.909 bits per heavy atom. The van der Waals surface area contributed by atoms with Crippen LogP contribution in [0.25, 0.3) is 11.6 Å². The average Bonchev–Trinajstić information content (AvgIpc) is 3.25. The van der Waals surface area contributed by atoms with Gasteiger partial charge in [0.25, 0.3) is 11.6 Å². The Morgan fingerprint density at radius 2 is 1.59 bits per heavy atom. The quantitative estimate of drug-likeness (QED) is 0.0728. The summed E-state index contributed by atoms with van der Waals surface area (Å²) in [5, 5.41) is 10.9. The molecule has 0 saturated carbocycles. The number of esters is 1. The SMILES string of the molecule is CC(C)(C)OC(=O)COCCOCCOc1ccc(CN2C(=O)C(=CC=Cc3ccc([N+](=O)[O-])cc3)c3ccccc32)cc1. The summed E-state index contributed by atoms with van der Waals surface area (Å²) in [5.74, 6) is 0.171. The molecule has 3 aromatic carbocycles. The molecule has 0 fully saturated rings. The third-order valence-electron chi connectivity index (χ3n) is 6.39. The van der Waals surface area contributed by atoms with Crippen molar-refractivity contribution in [3.63, 3.8) is 0 Å². The van der Waals surface area contributed by atoms with Gasteiger partial charge in [-0.3, -0.25) is 14.9 Å². The number of carbonyl (C=O) groups is 2. The van der Waals surface area contributed by atoms with Crippen molar-refractivity contribution in [1.29, 1.82) is 0 Å². The number of amides is 1. The fraction of sp³-hybridized carbons (Fsp3) is 0.294. The fourth-order valence-electron chi connectivity index (χ4n) is 4.43. The van der Waals surface area contributed by atoms with E-state index < -0.39 is 16.5 Å². The highest BCUT2D eigenvalue weighted by atomic mass is 16.6. The van der Waals surface area contributed by atoms with Crippen LogP contribution in [0.15, 0.2) is 84.9 Å². The third kappa shape index (κ3) is 9.35. The number of rotatable bonds is 14. The first-order chi connectivity index (χ1) is 21.1. The number of non-ortho nitro benzene ring substituents is 1. The second-order valence-electron chi connectivity index (χ2n) is 10.9. The number of hydrogen-bond donors (Lipinski definition) is 0. The van der Waals surface area contributed by atoms with Gasteiger partial charge < -0.3 is 23.8 Å². The number of allylic oxidation sites excluding steroid dienone is 2. The molecule has 0 aliphatic carbocycles. The molecule has 0 atom stereocenters. The molecular weight excluding hydrogens is 564 g/mol. The number of hydrogen-bond acceptors (Lipinski definition) is 8. The summed E-state index contributed by atoms with van der Waals surface area (Å²) >= 11 is 0. The lowest BCUT2D eigenvalue weighted by Crippen LogP contribution is -2.27. The summed E-state index contributed by atoms with van der Waals surface area (Å²) in [6.07, 6.45) is 5.36. The maximum Gasteiger partial charge on any atom is 0.332 e. The molecule has 10 heteroatoms. The summed E-state index contributed by atoms with van der Waals surface area (Å²) in [6, 6.07) is 21.4. The molecule has 0 aromatic heterocycles. The van der Waals surface area contributed by atoms with E-state index in [2.05, 4.69) is 0 Å². The summed E-state index contributed by atoms with van der Waals surface area (Å²) in [6.45, 7) is 7.02. The lowest BCUT2D eigenvalue weighted by atomic mass is 10.1. The number of fused-ring (bicyclic) bond motifs is 1. The van der Waals surface area contributed by atoms with Crippen LogP contribution in [0.2, 0.25) is 0 Å². The van der Waals surface area contributed by atoms with Gasteiger partial charge in [0, 0.05) is 23.3 Å². The van der Waals surface area contributed by atoms with Gasteiger partial charge in [-0.2, -0.15) is 0 Å². The zero-order valence-electron chi connectivity index (χ0n) is 25.1. The summed E-state index contributed by atoms with van der Waals surface area (Å²) in [4.78, 5) is 37.2. The van der Waals surface area contributed by atoms with Gasteiger partial charge in [0.2, 0.25) is 0 Å². The van der Waals surface area contributed by atoms with Crippen LogP contribution >= 0.6 is 0 Å². The lowest BCUT2D eigenvalue weighted by molar-refractivity contribution is -0.384. The molecule has 4 rings (SSSR count). The van der Waals surface area contributed by atoms with E-state index in [1.54, 1.807) is 56.0 Å². The van der Waals surface area contributed by atoms with Crippen LogP contribution in [-0.2, 0) is 30.3 Å². The summed E-state index contributed by atoms with van der Waals surface area (Å²) in [5.41, 5.74) is 3.49. The van der Waals surface area contributed by atoms with Crippen LogP contribution in [0.3, 0.4) is 0 Å². The number of nitrogens with zero attached hydrogens (tertiary/aromatic N) is 2. The standard InChI is InChI=1S/C34H36N2O8/c1-34(2,3)44-32(37)24-42-20-19-41-21-22-43-28-17-13-26(14-18-28)23-35-31-10-5-4-8-29(31)30(33(35)38)9-6-7-25-11-15-27(16-12-25)36(39)40/h4-18H,19-24H2,1-3H3.